The Bertz CT molecular complexity index is 630. The maximum absolute atomic E-state index is 12.7. The third kappa shape index (κ3) is 2.29. The molecule has 1 aliphatic carbocycles. The smallest absolute Gasteiger partial charge is 0.266 e. The Morgan fingerprint density at radius 3 is 2.75 bits per heavy atom. The summed E-state index contributed by atoms with van der Waals surface area (Å²) in [5.74, 6) is 0.785. The number of amides is 1. The highest BCUT2D eigenvalue weighted by atomic mass is 32.1. The second-order valence-electron chi connectivity index (χ2n) is 5.48. The summed E-state index contributed by atoms with van der Waals surface area (Å²) in [5.41, 5.74) is 6.81. The van der Waals surface area contributed by atoms with Crippen LogP contribution in [0, 0.1) is 5.92 Å². The number of nitrogen functional groups attached to an aromatic ring is 1. The number of hydrogen-bond donors (Lipinski definition) is 1. The molecule has 4 heteroatoms. The van der Waals surface area contributed by atoms with Gasteiger partial charge in [0.1, 0.15) is 4.88 Å². The number of benzene rings is 1. The molecule has 20 heavy (non-hydrogen) atoms. The molecule has 0 radical (unpaired) electrons. The Morgan fingerprint density at radius 1 is 1.40 bits per heavy atom. The molecule has 3 nitrogen and oxygen atoms in total. The molecule has 0 saturated heterocycles. The van der Waals surface area contributed by atoms with Crippen LogP contribution in [0.2, 0.25) is 0 Å². The predicted molar refractivity (Wildman–Crippen MR) is 85.2 cm³/mol. The normalized spacial score (nSPS) is 15.2. The van der Waals surface area contributed by atoms with Crippen LogP contribution in [0.5, 0.6) is 0 Å². The molecule has 0 aliphatic heterocycles. The lowest BCUT2D eigenvalue weighted by Crippen LogP contribution is -2.37. The monoisotopic (exact) mass is 288 g/mol. The van der Waals surface area contributed by atoms with Gasteiger partial charge in [0.15, 0.2) is 0 Å². The summed E-state index contributed by atoms with van der Waals surface area (Å²) in [6, 6.07) is 7.96. The molecule has 0 spiro atoms. The van der Waals surface area contributed by atoms with E-state index in [1.165, 1.54) is 30.6 Å². The highest BCUT2D eigenvalue weighted by Crippen LogP contribution is 2.35. The molecule has 0 atom stereocenters. The van der Waals surface area contributed by atoms with Gasteiger partial charge in [-0.1, -0.05) is 24.6 Å². The van der Waals surface area contributed by atoms with E-state index in [0.717, 1.165) is 23.2 Å². The van der Waals surface area contributed by atoms with Gasteiger partial charge in [-0.05, 0) is 31.7 Å². The van der Waals surface area contributed by atoms with Gasteiger partial charge < -0.3 is 10.6 Å². The summed E-state index contributed by atoms with van der Waals surface area (Å²) < 4.78 is 1.09. The Kier molecular flexibility index (Phi) is 3.66. The summed E-state index contributed by atoms with van der Waals surface area (Å²) in [5, 5.41) is 1.00. The van der Waals surface area contributed by atoms with Crippen molar-refractivity contribution >= 4 is 33.0 Å². The van der Waals surface area contributed by atoms with Crippen molar-refractivity contribution in [2.24, 2.45) is 5.92 Å². The minimum atomic E-state index is 0.0955. The van der Waals surface area contributed by atoms with E-state index >= 15 is 0 Å². The van der Waals surface area contributed by atoms with E-state index in [-0.39, 0.29) is 5.91 Å². The first-order valence-electron chi connectivity index (χ1n) is 7.27. The Morgan fingerprint density at radius 2 is 2.15 bits per heavy atom. The van der Waals surface area contributed by atoms with Crippen molar-refractivity contribution in [3.63, 3.8) is 0 Å². The first-order valence-corrected chi connectivity index (χ1v) is 8.08. The van der Waals surface area contributed by atoms with E-state index in [1.54, 1.807) is 0 Å². The Balaban J connectivity index is 1.88. The van der Waals surface area contributed by atoms with Crippen LogP contribution < -0.4 is 5.73 Å². The molecule has 1 heterocycles. The quantitative estimate of drug-likeness (QED) is 0.931. The van der Waals surface area contributed by atoms with Crippen LogP contribution in [-0.4, -0.2) is 23.9 Å². The number of anilines is 1. The lowest BCUT2D eigenvalue weighted by molar-refractivity contribution is 0.0712. The van der Waals surface area contributed by atoms with Crippen LogP contribution in [0.4, 0.5) is 5.69 Å². The van der Waals surface area contributed by atoms with Crippen molar-refractivity contribution in [1.29, 1.82) is 0 Å². The van der Waals surface area contributed by atoms with E-state index in [0.29, 0.717) is 16.5 Å². The lowest BCUT2D eigenvalue weighted by Gasteiger charge is -2.31. The van der Waals surface area contributed by atoms with Gasteiger partial charge in [0.05, 0.1) is 5.69 Å². The highest BCUT2D eigenvalue weighted by Gasteiger charge is 2.26. The van der Waals surface area contributed by atoms with E-state index in [1.807, 2.05) is 36.1 Å². The molecule has 3 rings (SSSR count). The molecule has 1 amide bonds. The second-order valence-corrected chi connectivity index (χ2v) is 6.53. The molecule has 1 aromatic carbocycles. The molecule has 0 unspecified atom stereocenters. The van der Waals surface area contributed by atoms with E-state index in [4.69, 9.17) is 5.73 Å². The fourth-order valence-corrected chi connectivity index (χ4v) is 3.80. The average Bonchev–Trinajstić information content (AvgIpc) is 2.75. The van der Waals surface area contributed by atoms with Crippen molar-refractivity contribution in [2.45, 2.75) is 26.2 Å². The number of carbonyl (C=O) groups excluding carboxylic acids is 1. The largest absolute Gasteiger partial charge is 0.397 e. The number of nitrogens with zero attached hydrogens (tertiary/aromatic N) is 1. The minimum absolute atomic E-state index is 0.0955. The first-order chi connectivity index (χ1) is 9.70. The van der Waals surface area contributed by atoms with Gasteiger partial charge in [-0.15, -0.1) is 11.3 Å². The Hall–Kier alpha value is -1.55. The predicted octanol–water partition coefficient (Wildman–Crippen LogP) is 3.75. The number of carbonyl (C=O) groups is 1. The zero-order chi connectivity index (χ0) is 14.1. The van der Waals surface area contributed by atoms with Crippen LogP contribution in [0.3, 0.4) is 0 Å². The summed E-state index contributed by atoms with van der Waals surface area (Å²) in [6.45, 7) is 3.67. The summed E-state index contributed by atoms with van der Waals surface area (Å²) in [4.78, 5) is 15.3. The average molecular weight is 288 g/mol. The van der Waals surface area contributed by atoms with Crippen molar-refractivity contribution in [3.05, 3.63) is 29.1 Å². The molecule has 1 aliphatic rings. The molecule has 106 valence electrons. The number of nitrogens with two attached hydrogens (primary N) is 1. The van der Waals surface area contributed by atoms with Gasteiger partial charge >= 0.3 is 0 Å². The van der Waals surface area contributed by atoms with Gasteiger partial charge in [-0.2, -0.15) is 0 Å². The number of thiophene rings is 1. The fraction of sp³-hybridized carbons (Fsp3) is 0.438. The maximum atomic E-state index is 12.7. The summed E-state index contributed by atoms with van der Waals surface area (Å²) >= 11 is 1.51. The van der Waals surface area contributed by atoms with Crippen molar-refractivity contribution in [2.75, 3.05) is 18.8 Å². The van der Waals surface area contributed by atoms with Gasteiger partial charge in [0.25, 0.3) is 5.91 Å². The molecule has 1 aromatic heterocycles. The SMILES string of the molecule is CCN(CC1CCC1)C(=O)c1sc2ccccc2c1N. The van der Waals surface area contributed by atoms with Crippen LogP contribution in [0.15, 0.2) is 24.3 Å². The fourth-order valence-electron chi connectivity index (χ4n) is 2.71. The van der Waals surface area contributed by atoms with Gasteiger partial charge in [0.2, 0.25) is 0 Å². The van der Waals surface area contributed by atoms with Gasteiger partial charge in [-0.3, -0.25) is 4.79 Å². The molecular weight excluding hydrogens is 268 g/mol. The van der Waals surface area contributed by atoms with Crippen molar-refractivity contribution < 1.29 is 4.79 Å². The molecule has 0 bridgehead atoms. The third-order valence-electron chi connectivity index (χ3n) is 4.20. The van der Waals surface area contributed by atoms with E-state index in [9.17, 15) is 4.79 Å². The molecule has 1 fully saturated rings. The van der Waals surface area contributed by atoms with E-state index in [2.05, 4.69) is 0 Å². The van der Waals surface area contributed by atoms with E-state index < -0.39 is 0 Å². The molecular formula is C16H20N2OS. The maximum Gasteiger partial charge on any atom is 0.266 e. The zero-order valence-corrected chi connectivity index (χ0v) is 12.6. The molecule has 2 N–H and O–H groups in total. The van der Waals surface area contributed by atoms with Gasteiger partial charge in [0, 0.05) is 23.2 Å². The first kappa shape index (κ1) is 13.4. The number of hydrogen-bond acceptors (Lipinski definition) is 3. The van der Waals surface area contributed by atoms with Crippen molar-refractivity contribution in [3.8, 4) is 0 Å². The summed E-state index contributed by atoms with van der Waals surface area (Å²) in [7, 11) is 0. The molecule has 2 aromatic rings. The molecule has 1 saturated carbocycles. The third-order valence-corrected chi connectivity index (χ3v) is 5.37. The zero-order valence-electron chi connectivity index (χ0n) is 11.8. The van der Waals surface area contributed by atoms with Crippen LogP contribution in [0.1, 0.15) is 35.9 Å². The topological polar surface area (TPSA) is 46.3 Å². The Labute approximate surface area is 123 Å². The summed E-state index contributed by atoms with van der Waals surface area (Å²) in [6.07, 6.45) is 3.82. The van der Waals surface area contributed by atoms with Crippen molar-refractivity contribution in [1.82, 2.24) is 4.90 Å². The lowest BCUT2D eigenvalue weighted by atomic mass is 9.85. The van der Waals surface area contributed by atoms with Gasteiger partial charge in [-0.25, -0.2) is 0 Å². The second kappa shape index (κ2) is 5.44. The number of fused-ring (bicyclic) bond motifs is 1. The van der Waals surface area contributed by atoms with Crippen LogP contribution in [0.25, 0.3) is 10.1 Å². The van der Waals surface area contributed by atoms with Crippen LogP contribution >= 0.6 is 11.3 Å². The number of rotatable bonds is 4. The minimum Gasteiger partial charge on any atom is -0.397 e. The van der Waals surface area contributed by atoms with Crippen LogP contribution in [-0.2, 0) is 0 Å². The highest BCUT2D eigenvalue weighted by molar-refractivity contribution is 7.21. The standard InChI is InChI=1S/C16H20N2OS/c1-2-18(10-11-6-5-7-11)16(19)15-14(17)12-8-3-4-9-13(12)20-15/h3-4,8-9,11H,2,5-7,10,17H2,1H3.